The van der Waals surface area contributed by atoms with Gasteiger partial charge in [0, 0.05) is 13.7 Å². The van der Waals surface area contributed by atoms with Crippen molar-refractivity contribution in [3.63, 3.8) is 0 Å². The van der Waals surface area contributed by atoms with E-state index in [1.165, 1.54) is 13.7 Å². The second kappa shape index (κ2) is 4.37. The van der Waals surface area contributed by atoms with Crippen LogP contribution in [-0.2, 0) is 0 Å². The SMILES string of the molecule is CCOc1cc(I)c2sccc2c1Br. The van der Waals surface area contributed by atoms with Crippen molar-refractivity contribution in [3.05, 3.63) is 25.6 Å². The van der Waals surface area contributed by atoms with Crippen LogP contribution in [0.3, 0.4) is 0 Å². The van der Waals surface area contributed by atoms with Crippen molar-refractivity contribution >= 4 is 59.9 Å². The van der Waals surface area contributed by atoms with Gasteiger partial charge in [0.2, 0.25) is 0 Å². The van der Waals surface area contributed by atoms with E-state index in [1.807, 2.05) is 6.92 Å². The van der Waals surface area contributed by atoms with Gasteiger partial charge in [-0.15, -0.1) is 11.3 Å². The van der Waals surface area contributed by atoms with Crippen LogP contribution in [-0.4, -0.2) is 6.61 Å². The summed E-state index contributed by atoms with van der Waals surface area (Å²) in [5, 5.41) is 3.35. The fourth-order valence-electron chi connectivity index (χ4n) is 1.30. The van der Waals surface area contributed by atoms with E-state index >= 15 is 0 Å². The zero-order valence-electron chi connectivity index (χ0n) is 7.51. The Balaban J connectivity index is 2.68. The summed E-state index contributed by atoms with van der Waals surface area (Å²) in [4.78, 5) is 0. The Morgan fingerprint density at radius 3 is 3.07 bits per heavy atom. The molecule has 74 valence electrons. The van der Waals surface area contributed by atoms with Crippen LogP contribution in [0.5, 0.6) is 5.75 Å². The van der Waals surface area contributed by atoms with Crippen LogP contribution in [0.4, 0.5) is 0 Å². The number of rotatable bonds is 2. The fourth-order valence-corrected chi connectivity index (χ4v) is 3.76. The first-order valence-electron chi connectivity index (χ1n) is 4.22. The van der Waals surface area contributed by atoms with Gasteiger partial charge in [0.05, 0.1) is 11.1 Å². The van der Waals surface area contributed by atoms with Crippen molar-refractivity contribution in [1.82, 2.24) is 0 Å². The Labute approximate surface area is 109 Å². The molecule has 0 bridgehead atoms. The molecule has 0 atom stereocenters. The van der Waals surface area contributed by atoms with Crippen LogP contribution >= 0.6 is 49.9 Å². The highest BCUT2D eigenvalue weighted by molar-refractivity contribution is 14.1. The monoisotopic (exact) mass is 382 g/mol. The van der Waals surface area contributed by atoms with Crippen LogP contribution in [0.1, 0.15) is 6.92 Å². The summed E-state index contributed by atoms with van der Waals surface area (Å²) in [5.41, 5.74) is 0. The molecule has 1 nitrogen and oxygen atoms in total. The summed E-state index contributed by atoms with van der Waals surface area (Å²) in [5.74, 6) is 0.933. The smallest absolute Gasteiger partial charge is 0.135 e. The molecule has 0 N–H and O–H groups in total. The molecule has 0 unspecified atom stereocenters. The number of hydrogen-bond acceptors (Lipinski definition) is 2. The second-order valence-corrected chi connectivity index (χ2v) is 5.64. The summed E-state index contributed by atoms with van der Waals surface area (Å²) in [6.07, 6.45) is 0. The summed E-state index contributed by atoms with van der Waals surface area (Å²) < 4.78 is 9.18. The van der Waals surface area contributed by atoms with E-state index in [0.29, 0.717) is 6.61 Å². The van der Waals surface area contributed by atoms with E-state index in [-0.39, 0.29) is 0 Å². The maximum Gasteiger partial charge on any atom is 0.135 e. The predicted octanol–water partition coefficient (Wildman–Crippen LogP) is 4.67. The molecule has 2 aromatic rings. The van der Waals surface area contributed by atoms with E-state index in [2.05, 4.69) is 56.0 Å². The summed E-state index contributed by atoms with van der Waals surface area (Å²) in [6, 6.07) is 4.20. The van der Waals surface area contributed by atoms with Crippen molar-refractivity contribution < 1.29 is 4.74 Å². The molecule has 2 rings (SSSR count). The topological polar surface area (TPSA) is 9.23 Å². The van der Waals surface area contributed by atoms with Gasteiger partial charge in [0.1, 0.15) is 5.75 Å². The normalized spacial score (nSPS) is 10.8. The lowest BCUT2D eigenvalue weighted by atomic mass is 10.2. The van der Waals surface area contributed by atoms with Crippen molar-refractivity contribution in [2.75, 3.05) is 6.61 Å². The molecule has 0 spiro atoms. The summed E-state index contributed by atoms with van der Waals surface area (Å²) in [6.45, 7) is 2.70. The average Bonchev–Trinajstić information content (AvgIpc) is 2.63. The fraction of sp³-hybridized carbons (Fsp3) is 0.200. The molecule has 1 aromatic heterocycles. The molecule has 0 radical (unpaired) electrons. The molecule has 0 aliphatic heterocycles. The Bertz CT molecular complexity index is 466. The predicted molar refractivity (Wildman–Crippen MR) is 73.4 cm³/mol. The number of thiophene rings is 1. The van der Waals surface area contributed by atoms with Crippen molar-refractivity contribution in [2.24, 2.45) is 0 Å². The maximum absolute atomic E-state index is 5.55. The third-order valence-corrected chi connectivity index (χ3v) is 4.88. The summed E-state index contributed by atoms with van der Waals surface area (Å²) in [7, 11) is 0. The lowest BCUT2D eigenvalue weighted by Crippen LogP contribution is -1.93. The first kappa shape index (κ1) is 10.7. The van der Waals surface area contributed by atoms with Gasteiger partial charge in [-0.25, -0.2) is 0 Å². The maximum atomic E-state index is 5.55. The van der Waals surface area contributed by atoms with Gasteiger partial charge in [-0.3, -0.25) is 0 Å². The number of benzene rings is 1. The molecule has 0 aliphatic rings. The zero-order chi connectivity index (χ0) is 10.1. The average molecular weight is 383 g/mol. The van der Waals surface area contributed by atoms with Crippen molar-refractivity contribution in [3.8, 4) is 5.75 Å². The van der Waals surface area contributed by atoms with Gasteiger partial charge < -0.3 is 4.74 Å². The minimum atomic E-state index is 0.699. The van der Waals surface area contributed by atoms with E-state index in [4.69, 9.17) is 4.74 Å². The molecular weight excluding hydrogens is 375 g/mol. The van der Waals surface area contributed by atoms with Gasteiger partial charge in [0.15, 0.2) is 0 Å². The Morgan fingerprint density at radius 2 is 2.36 bits per heavy atom. The number of fused-ring (bicyclic) bond motifs is 1. The Kier molecular flexibility index (Phi) is 3.34. The third kappa shape index (κ3) is 1.79. The van der Waals surface area contributed by atoms with Crippen molar-refractivity contribution in [2.45, 2.75) is 6.92 Å². The molecule has 0 fully saturated rings. The second-order valence-electron chi connectivity index (χ2n) is 2.77. The molecule has 0 aliphatic carbocycles. The molecule has 14 heavy (non-hydrogen) atoms. The minimum Gasteiger partial charge on any atom is -0.493 e. The third-order valence-electron chi connectivity index (χ3n) is 1.89. The standard InChI is InChI=1S/C10H8BrIOS/c1-2-13-8-5-7(12)10-6(9(8)11)3-4-14-10/h3-5H,2H2,1H3. The molecule has 0 amide bonds. The van der Waals surface area contributed by atoms with Gasteiger partial charge in [-0.05, 0) is 63.0 Å². The first-order valence-corrected chi connectivity index (χ1v) is 6.97. The van der Waals surface area contributed by atoms with Crippen molar-refractivity contribution in [1.29, 1.82) is 0 Å². The van der Waals surface area contributed by atoms with Crippen LogP contribution in [0.25, 0.3) is 10.1 Å². The Morgan fingerprint density at radius 1 is 1.57 bits per heavy atom. The number of halogens is 2. The number of ether oxygens (including phenoxy) is 1. The quantitative estimate of drug-likeness (QED) is 0.686. The van der Waals surface area contributed by atoms with Crippen LogP contribution < -0.4 is 4.74 Å². The van der Waals surface area contributed by atoms with Gasteiger partial charge in [-0.2, -0.15) is 0 Å². The lowest BCUT2D eigenvalue weighted by molar-refractivity contribution is 0.338. The van der Waals surface area contributed by atoms with Crippen LogP contribution in [0.2, 0.25) is 0 Å². The molecule has 0 saturated carbocycles. The molecule has 4 heteroatoms. The highest BCUT2D eigenvalue weighted by atomic mass is 127. The van der Waals surface area contributed by atoms with Gasteiger partial charge in [-0.1, -0.05) is 0 Å². The van der Waals surface area contributed by atoms with E-state index < -0.39 is 0 Å². The van der Waals surface area contributed by atoms with E-state index in [0.717, 1.165) is 10.2 Å². The van der Waals surface area contributed by atoms with Gasteiger partial charge in [0.25, 0.3) is 0 Å². The molecule has 0 saturated heterocycles. The number of hydrogen-bond donors (Lipinski definition) is 0. The van der Waals surface area contributed by atoms with Gasteiger partial charge >= 0.3 is 0 Å². The first-order chi connectivity index (χ1) is 6.74. The highest BCUT2D eigenvalue weighted by Crippen LogP contribution is 2.38. The Hall–Kier alpha value is 0.190. The molecule has 1 heterocycles. The summed E-state index contributed by atoms with van der Waals surface area (Å²) >= 11 is 7.68. The largest absolute Gasteiger partial charge is 0.493 e. The molecule has 1 aromatic carbocycles. The lowest BCUT2D eigenvalue weighted by Gasteiger charge is -2.07. The highest BCUT2D eigenvalue weighted by Gasteiger charge is 2.10. The van der Waals surface area contributed by atoms with E-state index in [9.17, 15) is 0 Å². The molecular formula is C10H8BrIOS. The van der Waals surface area contributed by atoms with Crippen LogP contribution in [0, 0.1) is 3.57 Å². The van der Waals surface area contributed by atoms with Crippen LogP contribution in [0.15, 0.2) is 22.0 Å². The zero-order valence-corrected chi connectivity index (χ0v) is 12.1. The minimum absolute atomic E-state index is 0.699. The van der Waals surface area contributed by atoms with E-state index in [1.54, 1.807) is 11.3 Å².